The van der Waals surface area contributed by atoms with Crippen molar-refractivity contribution in [1.82, 2.24) is 14.8 Å². The van der Waals surface area contributed by atoms with Gasteiger partial charge in [-0.15, -0.1) is 0 Å². The number of rotatable bonds is 9. The number of anilines is 3. The molecule has 3 amide bonds. The van der Waals surface area contributed by atoms with E-state index in [9.17, 15) is 18.4 Å². The first-order valence-corrected chi connectivity index (χ1v) is 11.0. The zero-order valence-electron chi connectivity index (χ0n) is 19.6. The molecule has 1 heterocycles. The summed E-state index contributed by atoms with van der Waals surface area (Å²) >= 11 is 0. The second-order valence-electron chi connectivity index (χ2n) is 8.23. The second-order valence-corrected chi connectivity index (χ2v) is 8.23. The maximum absolute atomic E-state index is 14.0. The Morgan fingerprint density at radius 3 is 2.43 bits per heavy atom. The lowest BCUT2D eigenvalue weighted by Gasteiger charge is -2.24. The molecule has 0 bridgehead atoms. The Bertz CT molecular complexity index is 1170. The predicted molar refractivity (Wildman–Crippen MR) is 132 cm³/mol. The third kappa shape index (κ3) is 7.47. The summed E-state index contributed by atoms with van der Waals surface area (Å²) in [6.07, 6.45) is 2.16. The van der Waals surface area contributed by atoms with Crippen LogP contribution in [0.25, 0.3) is 0 Å². The molecular formula is C25H28F2N6O2. The van der Waals surface area contributed by atoms with Crippen LogP contribution in [0.1, 0.15) is 22.5 Å². The van der Waals surface area contributed by atoms with E-state index < -0.39 is 23.6 Å². The lowest BCUT2D eigenvalue weighted by atomic mass is 10.2. The van der Waals surface area contributed by atoms with Gasteiger partial charge in [0.15, 0.2) is 0 Å². The molecule has 0 aliphatic rings. The monoisotopic (exact) mass is 482 g/mol. The second kappa shape index (κ2) is 11.9. The molecule has 10 heteroatoms. The third-order valence-electron chi connectivity index (χ3n) is 5.13. The standard InChI is InChI=1S/C25H28F2N6O2/c1-32(2)12-5-13-33(25(35)31-23-14-18(26)9-10-19(23)27)16-17-8-11-22(29-15-17)24(34)30-21-7-4-3-6-20(21)28/h3-4,6-11,14-15H,5,12-13,16,28H2,1-2H3,(H,30,34)(H,31,35). The van der Waals surface area contributed by atoms with Gasteiger partial charge >= 0.3 is 6.03 Å². The third-order valence-corrected chi connectivity index (χ3v) is 5.13. The SMILES string of the molecule is CN(C)CCCN(Cc1ccc(C(=O)Nc2ccccc2N)nc1)C(=O)Nc1cc(F)ccc1F. The zero-order chi connectivity index (χ0) is 25.4. The topological polar surface area (TPSA) is 104 Å². The van der Waals surface area contributed by atoms with Crippen molar-refractivity contribution < 1.29 is 18.4 Å². The largest absolute Gasteiger partial charge is 0.397 e. The van der Waals surface area contributed by atoms with Crippen LogP contribution < -0.4 is 16.4 Å². The molecule has 3 aromatic rings. The number of urea groups is 1. The van der Waals surface area contributed by atoms with Gasteiger partial charge in [0.25, 0.3) is 5.91 Å². The van der Waals surface area contributed by atoms with Crippen LogP contribution in [0.3, 0.4) is 0 Å². The van der Waals surface area contributed by atoms with E-state index in [1.165, 1.54) is 11.1 Å². The number of hydrogen-bond donors (Lipinski definition) is 3. The number of amides is 3. The summed E-state index contributed by atoms with van der Waals surface area (Å²) in [4.78, 5) is 33.1. The molecule has 0 saturated carbocycles. The number of nitrogens with zero attached hydrogens (tertiary/aromatic N) is 3. The fourth-order valence-corrected chi connectivity index (χ4v) is 3.29. The first-order chi connectivity index (χ1) is 16.7. The normalized spacial score (nSPS) is 10.8. The van der Waals surface area contributed by atoms with E-state index in [2.05, 4.69) is 15.6 Å². The number of nitrogens with one attached hydrogen (secondary N) is 2. The summed E-state index contributed by atoms with van der Waals surface area (Å²) in [5.41, 5.74) is 7.39. The van der Waals surface area contributed by atoms with Crippen molar-refractivity contribution >= 4 is 29.0 Å². The van der Waals surface area contributed by atoms with Gasteiger partial charge in [0.05, 0.1) is 17.1 Å². The first kappa shape index (κ1) is 25.6. The van der Waals surface area contributed by atoms with Gasteiger partial charge in [-0.2, -0.15) is 0 Å². The number of hydrogen-bond acceptors (Lipinski definition) is 5. The van der Waals surface area contributed by atoms with Crippen LogP contribution in [0, 0.1) is 11.6 Å². The molecule has 4 N–H and O–H groups in total. The Kier molecular flexibility index (Phi) is 8.69. The molecule has 0 spiro atoms. The Morgan fingerprint density at radius 2 is 1.74 bits per heavy atom. The van der Waals surface area contributed by atoms with Gasteiger partial charge in [0.1, 0.15) is 17.3 Å². The van der Waals surface area contributed by atoms with Gasteiger partial charge in [-0.1, -0.05) is 18.2 Å². The molecule has 0 unspecified atom stereocenters. The zero-order valence-corrected chi connectivity index (χ0v) is 19.6. The minimum absolute atomic E-state index is 0.163. The Morgan fingerprint density at radius 1 is 0.971 bits per heavy atom. The summed E-state index contributed by atoms with van der Waals surface area (Å²) < 4.78 is 27.5. The highest BCUT2D eigenvalue weighted by atomic mass is 19.1. The number of pyridine rings is 1. The number of nitrogen functional groups attached to an aromatic ring is 1. The highest BCUT2D eigenvalue weighted by molar-refractivity contribution is 6.04. The van der Waals surface area contributed by atoms with Crippen molar-refractivity contribution in [3.8, 4) is 0 Å². The summed E-state index contributed by atoms with van der Waals surface area (Å²) in [6.45, 7) is 1.27. The van der Waals surface area contributed by atoms with Crippen LogP contribution in [0.2, 0.25) is 0 Å². The molecule has 3 rings (SSSR count). The van der Waals surface area contributed by atoms with Gasteiger partial charge < -0.3 is 26.2 Å². The van der Waals surface area contributed by atoms with Crippen molar-refractivity contribution in [2.45, 2.75) is 13.0 Å². The quantitative estimate of drug-likeness (QED) is 0.397. The summed E-state index contributed by atoms with van der Waals surface area (Å²) in [7, 11) is 3.84. The molecule has 8 nitrogen and oxygen atoms in total. The lowest BCUT2D eigenvalue weighted by molar-refractivity contribution is 0.102. The van der Waals surface area contributed by atoms with Gasteiger partial charge in [-0.3, -0.25) is 9.78 Å². The van der Waals surface area contributed by atoms with Crippen LogP contribution in [-0.2, 0) is 6.54 Å². The lowest BCUT2D eigenvalue weighted by Crippen LogP contribution is -2.36. The molecule has 0 aliphatic carbocycles. The number of aromatic nitrogens is 1. The predicted octanol–water partition coefficient (Wildman–Crippen LogP) is 4.18. The fourth-order valence-electron chi connectivity index (χ4n) is 3.29. The van der Waals surface area contributed by atoms with Gasteiger partial charge in [0.2, 0.25) is 0 Å². The molecule has 35 heavy (non-hydrogen) atoms. The fraction of sp³-hybridized carbons (Fsp3) is 0.240. The van der Waals surface area contributed by atoms with E-state index in [4.69, 9.17) is 5.73 Å². The average molecular weight is 483 g/mol. The highest BCUT2D eigenvalue weighted by Gasteiger charge is 2.17. The van der Waals surface area contributed by atoms with Crippen LogP contribution in [0.5, 0.6) is 0 Å². The molecule has 1 aromatic heterocycles. The molecule has 184 valence electrons. The van der Waals surface area contributed by atoms with Gasteiger partial charge in [-0.05, 0) is 63.0 Å². The van der Waals surface area contributed by atoms with E-state index >= 15 is 0 Å². The number of benzene rings is 2. The van der Waals surface area contributed by atoms with E-state index in [-0.39, 0.29) is 17.9 Å². The minimum Gasteiger partial charge on any atom is -0.397 e. The van der Waals surface area contributed by atoms with Crippen molar-refractivity contribution in [2.75, 3.05) is 43.6 Å². The van der Waals surface area contributed by atoms with Gasteiger partial charge in [0, 0.05) is 25.4 Å². The van der Waals surface area contributed by atoms with Gasteiger partial charge in [-0.25, -0.2) is 13.6 Å². The summed E-state index contributed by atoms with van der Waals surface area (Å²) in [6, 6.07) is 12.4. The van der Waals surface area contributed by atoms with Crippen LogP contribution in [0.15, 0.2) is 60.8 Å². The number of carbonyl (C=O) groups excluding carboxylic acids is 2. The molecule has 0 radical (unpaired) electrons. The number of nitrogens with two attached hydrogens (primary N) is 1. The van der Waals surface area contributed by atoms with Crippen molar-refractivity contribution in [3.05, 3.63) is 83.7 Å². The van der Waals surface area contributed by atoms with Crippen molar-refractivity contribution in [1.29, 1.82) is 0 Å². The molecule has 0 fully saturated rings. The number of para-hydroxylation sites is 2. The Labute approximate surface area is 202 Å². The van der Waals surface area contributed by atoms with Crippen LogP contribution >= 0.6 is 0 Å². The molecule has 0 atom stereocenters. The van der Waals surface area contributed by atoms with Crippen molar-refractivity contribution in [3.63, 3.8) is 0 Å². The van der Waals surface area contributed by atoms with E-state index in [0.717, 1.165) is 24.7 Å². The maximum Gasteiger partial charge on any atom is 0.322 e. The van der Waals surface area contributed by atoms with E-state index in [0.29, 0.717) is 29.9 Å². The molecule has 2 aromatic carbocycles. The van der Waals surface area contributed by atoms with Crippen molar-refractivity contribution in [2.24, 2.45) is 0 Å². The summed E-state index contributed by atoms with van der Waals surface area (Å²) in [5, 5.41) is 5.14. The van der Waals surface area contributed by atoms with Crippen LogP contribution in [0.4, 0.5) is 30.6 Å². The highest BCUT2D eigenvalue weighted by Crippen LogP contribution is 2.19. The smallest absolute Gasteiger partial charge is 0.322 e. The average Bonchev–Trinajstić information content (AvgIpc) is 2.82. The number of carbonyl (C=O) groups is 2. The van der Waals surface area contributed by atoms with Crippen LogP contribution in [-0.4, -0.2) is 53.9 Å². The molecule has 0 aliphatic heterocycles. The molecular weight excluding hydrogens is 454 g/mol. The first-order valence-electron chi connectivity index (χ1n) is 11.0. The summed E-state index contributed by atoms with van der Waals surface area (Å²) in [5.74, 6) is -1.81. The maximum atomic E-state index is 14.0. The number of halogens is 2. The Hall–Kier alpha value is -4.05. The Balaban J connectivity index is 1.70. The minimum atomic E-state index is -0.732. The molecule has 0 saturated heterocycles. The van der Waals surface area contributed by atoms with E-state index in [1.807, 2.05) is 19.0 Å². The van der Waals surface area contributed by atoms with E-state index in [1.54, 1.807) is 36.4 Å².